The molecule has 1 unspecified atom stereocenters. The highest BCUT2D eigenvalue weighted by Gasteiger charge is 2.49. The van der Waals surface area contributed by atoms with E-state index in [2.05, 4.69) is 43.8 Å². The molecule has 4 atom stereocenters. The summed E-state index contributed by atoms with van der Waals surface area (Å²) in [4.78, 5) is 48.4. The Morgan fingerprint density at radius 2 is 1.37 bits per heavy atom. The van der Waals surface area contributed by atoms with Gasteiger partial charge in [-0.2, -0.15) is 11.8 Å². The molecule has 3 heterocycles. The third kappa shape index (κ3) is 17.3. The van der Waals surface area contributed by atoms with Crippen molar-refractivity contribution in [1.82, 2.24) is 25.1 Å². The Balaban J connectivity index is 1.09. The van der Waals surface area contributed by atoms with Crippen LogP contribution in [0, 0.1) is 29.6 Å². The van der Waals surface area contributed by atoms with Crippen molar-refractivity contribution in [2.75, 3.05) is 97.1 Å². The standard InChI is InChI=1S/C44H63N5O10S/c1-44(33-60-28-8-4-7-17-45-43(54)58-31-38-36-13-5-2-3-6-14-37(36)38)32-57-24-20-48(29-34-11-9-15-39(46-34)41(50)51)18-22-55-26-27-56-23-19-49(21-25-59-44)30-35-12-10-16-40(47-35)42(52)53/h9-12,15-16,36-38H,4-8,13-14,17-33H2,1H3,(H,45,54)(H,50,51)(H,52,53)/t36-,37+,38?,44-/m1/s1. The summed E-state index contributed by atoms with van der Waals surface area (Å²) in [6.45, 7) is 9.32. The molecule has 1 amide bonds. The summed E-state index contributed by atoms with van der Waals surface area (Å²) in [5.41, 5.74) is 0.724. The number of hydrogen-bond donors (Lipinski definition) is 3. The van der Waals surface area contributed by atoms with E-state index in [-0.39, 0.29) is 17.5 Å². The van der Waals surface area contributed by atoms with Crippen molar-refractivity contribution < 1.29 is 48.3 Å². The molecular weight excluding hydrogens is 791 g/mol. The Labute approximate surface area is 358 Å². The fourth-order valence-corrected chi connectivity index (χ4v) is 8.75. The van der Waals surface area contributed by atoms with Crippen molar-refractivity contribution in [2.45, 2.75) is 70.6 Å². The summed E-state index contributed by atoms with van der Waals surface area (Å²) in [7, 11) is 0. The number of carboxylic acids is 2. The number of fused-ring (bicyclic) bond motifs is 1. The van der Waals surface area contributed by atoms with E-state index in [1.165, 1.54) is 12.1 Å². The van der Waals surface area contributed by atoms with E-state index in [1.807, 2.05) is 23.9 Å². The Kier molecular flexibility index (Phi) is 20.3. The summed E-state index contributed by atoms with van der Waals surface area (Å²) in [6, 6.07) is 10.0. The van der Waals surface area contributed by atoms with E-state index in [9.17, 15) is 24.6 Å². The third-order valence-electron chi connectivity index (χ3n) is 11.0. The van der Waals surface area contributed by atoms with Gasteiger partial charge in [0.05, 0.1) is 69.8 Å². The van der Waals surface area contributed by atoms with Crippen LogP contribution in [0.1, 0.15) is 84.2 Å². The van der Waals surface area contributed by atoms with Gasteiger partial charge in [-0.15, -0.1) is 11.8 Å². The van der Waals surface area contributed by atoms with Gasteiger partial charge in [0.25, 0.3) is 0 Å². The molecule has 60 heavy (non-hydrogen) atoms. The van der Waals surface area contributed by atoms with Gasteiger partial charge in [0.1, 0.15) is 11.4 Å². The molecule has 1 saturated heterocycles. The highest BCUT2D eigenvalue weighted by Crippen LogP contribution is 2.52. The van der Waals surface area contributed by atoms with Gasteiger partial charge in [-0.25, -0.2) is 24.4 Å². The molecule has 330 valence electrons. The smallest absolute Gasteiger partial charge is 0.407 e. The quantitative estimate of drug-likeness (QED) is 0.150. The lowest BCUT2D eigenvalue weighted by atomic mass is 10.1. The fraction of sp³-hybridized carbons (Fsp3) is 0.659. The zero-order valence-electron chi connectivity index (χ0n) is 35.0. The molecule has 5 rings (SSSR count). The summed E-state index contributed by atoms with van der Waals surface area (Å²) in [6.07, 6.45) is 6.66. The van der Waals surface area contributed by atoms with Crippen LogP contribution < -0.4 is 5.32 Å². The minimum atomic E-state index is -1.07. The van der Waals surface area contributed by atoms with E-state index < -0.39 is 17.5 Å². The second-order valence-electron chi connectivity index (χ2n) is 15.8. The second kappa shape index (κ2) is 25.8. The Morgan fingerprint density at radius 3 is 1.95 bits per heavy atom. The number of aromatic carboxylic acids is 2. The summed E-state index contributed by atoms with van der Waals surface area (Å²) >= 11 is 1.82. The zero-order valence-corrected chi connectivity index (χ0v) is 35.8. The van der Waals surface area contributed by atoms with Crippen molar-refractivity contribution in [3.63, 3.8) is 0 Å². The van der Waals surface area contributed by atoms with E-state index in [0.717, 1.165) is 50.7 Å². The van der Waals surface area contributed by atoms with Crippen LogP contribution in [0.3, 0.4) is 0 Å². The first-order valence-corrected chi connectivity index (χ1v) is 22.5. The van der Waals surface area contributed by atoms with Crippen LogP contribution in [-0.4, -0.2) is 151 Å². The van der Waals surface area contributed by atoms with Gasteiger partial charge in [0, 0.05) is 64.4 Å². The fourth-order valence-electron chi connectivity index (χ4n) is 7.60. The number of carbonyl (C=O) groups excluding carboxylic acids is 1. The molecule has 2 aromatic rings. The monoisotopic (exact) mass is 853 g/mol. The number of carbonyl (C=O) groups is 3. The summed E-state index contributed by atoms with van der Waals surface area (Å²) < 4.78 is 30.3. The molecule has 0 spiro atoms. The molecule has 3 aliphatic rings. The maximum atomic E-state index is 12.3. The first-order valence-electron chi connectivity index (χ1n) is 21.3. The van der Waals surface area contributed by atoms with E-state index in [0.29, 0.717) is 134 Å². The zero-order chi connectivity index (χ0) is 42.4. The number of nitrogens with one attached hydrogen (secondary N) is 1. The number of carboxylic acid groups (broad SMARTS) is 2. The molecule has 0 aromatic carbocycles. The van der Waals surface area contributed by atoms with Crippen LogP contribution in [0.25, 0.3) is 0 Å². The van der Waals surface area contributed by atoms with Crippen LogP contribution >= 0.6 is 11.8 Å². The van der Waals surface area contributed by atoms with Crippen molar-refractivity contribution in [3.8, 4) is 11.8 Å². The van der Waals surface area contributed by atoms with Crippen molar-refractivity contribution in [1.29, 1.82) is 0 Å². The molecule has 3 N–H and O–H groups in total. The second-order valence-corrected chi connectivity index (χ2v) is 16.9. The van der Waals surface area contributed by atoms with Crippen molar-refractivity contribution in [3.05, 3.63) is 59.2 Å². The maximum Gasteiger partial charge on any atom is 0.407 e. The molecule has 1 aliphatic heterocycles. The highest BCUT2D eigenvalue weighted by molar-refractivity contribution is 7.99. The van der Waals surface area contributed by atoms with Gasteiger partial charge >= 0.3 is 18.0 Å². The van der Waals surface area contributed by atoms with Crippen LogP contribution in [0.15, 0.2) is 36.4 Å². The molecular formula is C44H63N5O10S. The summed E-state index contributed by atoms with van der Waals surface area (Å²) in [5.74, 6) is 7.76. The number of nitrogens with zero attached hydrogens (tertiary/aromatic N) is 4. The molecule has 15 nitrogen and oxygen atoms in total. The Bertz CT molecular complexity index is 1690. The number of amides is 1. The number of unbranched alkanes of at least 4 members (excludes halogenated alkanes) is 2. The molecule has 2 aromatic heterocycles. The number of aromatic nitrogens is 2. The number of ether oxygens (including phenoxy) is 5. The molecule has 16 heteroatoms. The van der Waals surface area contributed by atoms with Gasteiger partial charge in [-0.3, -0.25) is 9.80 Å². The van der Waals surface area contributed by atoms with Crippen LogP contribution in [0.2, 0.25) is 0 Å². The first-order chi connectivity index (χ1) is 29.2. The van der Waals surface area contributed by atoms with E-state index >= 15 is 0 Å². The maximum absolute atomic E-state index is 12.3. The molecule has 0 bridgehead atoms. The first kappa shape index (κ1) is 47.2. The average Bonchev–Trinajstić information content (AvgIpc) is 3.88. The van der Waals surface area contributed by atoms with Gasteiger partial charge in [0.15, 0.2) is 0 Å². The molecule has 2 fully saturated rings. The number of pyridine rings is 2. The number of rotatable bonds is 16. The highest BCUT2D eigenvalue weighted by atomic mass is 32.2. The van der Waals surface area contributed by atoms with Crippen LogP contribution in [0.5, 0.6) is 0 Å². The van der Waals surface area contributed by atoms with Gasteiger partial charge in [-0.1, -0.05) is 18.6 Å². The lowest BCUT2D eigenvalue weighted by Crippen LogP contribution is -2.41. The number of alkyl carbamates (subject to hydrolysis) is 1. The van der Waals surface area contributed by atoms with Crippen LogP contribution in [-0.2, 0) is 36.8 Å². The Hall–Kier alpha value is -3.82. The lowest BCUT2D eigenvalue weighted by Gasteiger charge is -2.32. The van der Waals surface area contributed by atoms with Gasteiger partial charge in [0.2, 0.25) is 0 Å². The topological polar surface area (TPSA) is 182 Å². The van der Waals surface area contributed by atoms with Crippen LogP contribution in [0.4, 0.5) is 4.79 Å². The third-order valence-corrected chi connectivity index (χ3v) is 12.4. The normalized spacial score (nSPS) is 23.9. The average molecular weight is 854 g/mol. The lowest BCUT2D eigenvalue weighted by molar-refractivity contribution is -0.0808. The number of hydrogen-bond acceptors (Lipinski definition) is 13. The van der Waals surface area contributed by atoms with Gasteiger partial charge in [-0.05, 0) is 80.4 Å². The van der Waals surface area contributed by atoms with E-state index in [4.69, 9.17) is 23.7 Å². The van der Waals surface area contributed by atoms with Gasteiger partial charge < -0.3 is 39.2 Å². The predicted molar refractivity (Wildman–Crippen MR) is 227 cm³/mol. The van der Waals surface area contributed by atoms with E-state index in [1.54, 1.807) is 12.1 Å². The predicted octanol–water partition coefficient (Wildman–Crippen LogP) is 5.09. The number of thioether (sulfide) groups is 1. The van der Waals surface area contributed by atoms with Crippen molar-refractivity contribution >= 4 is 29.8 Å². The molecule has 1 saturated carbocycles. The minimum absolute atomic E-state index is 0.00528. The van der Waals surface area contributed by atoms with Crippen molar-refractivity contribution in [2.24, 2.45) is 17.8 Å². The molecule has 2 aliphatic carbocycles. The minimum Gasteiger partial charge on any atom is -0.477 e. The Morgan fingerprint density at radius 1 is 0.800 bits per heavy atom. The largest absolute Gasteiger partial charge is 0.477 e. The summed E-state index contributed by atoms with van der Waals surface area (Å²) in [5, 5.41) is 21.8. The SMILES string of the molecule is C[C@]1(CSCCCCCNC(=O)OCC2[C@H]3CCC#CCC[C@@H]23)COCCN(Cc2cccc(C(=O)O)n2)CCOCCOCCN(Cc2cccc(C(=O)O)n2)CCO1. The molecule has 0 radical (unpaired) electrons.